The summed E-state index contributed by atoms with van der Waals surface area (Å²) in [6.45, 7) is 0. The van der Waals surface area contributed by atoms with Crippen molar-refractivity contribution in [3.63, 3.8) is 0 Å². The SMILES string of the molecule is O=C([O-])O.[OH-].[Zn+2]. The van der Waals surface area contributed by atoms with Gasteiger partial charge in [-0.15, -0.1) is 0 Å². The molecule has 0 aromatic carbocycles. The minimum Gasteiger partial charge on any atom is -0.870 e. The Kier molecular flexibility index (Phi) is 25.0. The van der Waals surface area contributed by atoms with Crippen LogP contribution in [0.2, 0.25) is 0 Å². The van der Waals surface area contributed by atoms with Crippen LogP contribution in [0, 0.1) is 0 Å². The fraction of sp³-hybridized carbons (Fsp3) is 0. The standard InChI is InChI=1S/CH2O3.H2O.Zn/c2-1(3)4;;/h(H2,2,3,4);1H2;/q;;+2/p-2. The van der Waals surface area contributed by atoms with E-state index < -0.39 is 6.16 Å². The van der Waals surface area contributed by atoms with Crippen LogP contribution in [0.5, 0.6) is 0 Å². The maximum absolute atomic E-state index is 8.44. The van der Waals surface area contributed by atoms with Crippen molar-refractivity contribution in [2.24, 2.45) is 0 Å². The molecule has 0 atom stereocenters. The monoisotopic (exact) mass is 142 g/mol. The second-order valence-corrected chi connectivity index (χ2v) is 0.266. The number of rotatable bonds is 0. The summed E-state index contributed by atoms with van der Waals surface area (Å²) < 4.78 is 0. The van der Waals surface area contributed by atoms with Crippen LogP contribution in [0.3, 0.4) is 0 Å². The molecule has 2 N–H and O–H groups in total. The van der Waals surface area contributed by atoms with Crippen LogP contribution in [0.4, 0.5) is 4.79 Å². The Bertz CT molecular complexity index is 30.5. The molecule has 0 unspecified atom stereocenters. The summed E-state index contributed by atoms with van der Waals surface area (Å²) in [5.74, 6) is 0. The Morgan fingerprint density at radius 1 is 1.67 bits per heavy atom. The molecule has 0 spiro atoms. The van der Waals surface area contributed by atoms with E-state index in [9.17, 15) is 0 Å². The topological polar surface area (TPSA) is 90.4 Å². The van der Waals surface area contributed by atoms with E-state index in [1.807, 2.05) is 0 Å². The molecule has 0 aliphatic heterocycles. The van der Waals surface area contributed by atoms with E-state index in [0.29, 0.717) is 0 Å². The summed E-state index contributed by atoms with van der Waals surface area (Å²) in [4.78, 5) is 8.44. The molecule has 0 aromatic heterocycles. The molecule has 6 heavy (non-hydrogen) atoms. The zero-order valence-electron chi connectivity index (χ0n) is 2.92. The van der Waals surface area contributed by atoms with Crippen LogP contribution in [0.1, 0.15) is 0 Å². The van der Waals surface area contributed by atoms with Gasteiger partial charge in [0, 0.05) is 0 Å². The van der Waals surface area contributed by atoms with Gasteiger partial charge in [0.15, 0.2) is 0 Å². The predicted octanol–water partition coefficient (Wildman–Crippen LogP) is -1.29. The summed E-state index contributed by atoms with van der Waals surface area (Å²) >= 11 is 0. The van der Waals surface area contributed by atoms with Gasteiger partial charge in [0.2, 0.25) is 6.16 Å². The maximum Gasteiger partial charge on any atom is 2.00 e. The van der Waals surface area contributed by atoms with Crippen molar-refractivity contribution in [1.29, 1.82) is 0 Å². The van der Waals surface area contributed by atoms with Crippen molar-refractivity contribution >= 4 is 6.16 Å². The van der Waals surface area contributed by atoms with Crippen molar-refractivity contribution in [1.82, 2.24) is 0 Å². The molecule has 0 aliphatic rings. The fourth-order valence-electron chi connectivity index (χ4n) is 0. The summed E-state index contributed by atoms with van der Waals surface area (Å²) in [6, 6.07) is 0. The average Bonchev–Trinajstić information content (AvgIpc) is 0.811. The molecule has 0 aromatic rings. The van der Waals surface area contributed by atoms with Crippen molar-refractivity contribution in [2.45, 2.75) is 0 Å². The van der Waals surface area contributed by atoms with Crippen molar-refractivity contribution in [3.05, 3.63) is 0 Å². The molecule has 0 heterocycles. The first-order valence-corrected chi connectivity index (χ1v) is 0.632. The molecule has 5 heteroatoms. The van der Waals surface area contributed by atoms with E-state index in [1.165, 1.54) is 0 Å². The van der Waals surface area contributed by atoms with Crippen LogP contribution in [0.15, 0.2) is 0 Å². The maximum atomic E-state index is 8.44. The van der Waals surface area contributed by atoms with Gasteiger partial charge < -0.3 is 20.5 Å². The minimum atomic E-state index is -2.08. The zero-order valence-corrected chi connectivity index (χ0v) is 5.89. The Morgan fingerprint density at radius 3 is 1.67 bits per heavy atom. The number of hydrogen-bond acceptors (Lipinski definition) is 3. The van der Waals surface area contributed by atoms with E-state index in [1.54, 1.807) is 0 Å². The summed E-state index contributed by atoms with van der Waals surface area (Å²) in [5.41, 5.74) is 0. The third-order valence-corrected chi connectivity index (χ3v) is 0. The Balaban J connectivity index is -0.0000000450. The van der Waals surface area contributed by atoms with E-state index in [-0.39, 0.29) is 25.0 Å². The van der Waals surface area contributed by atoms with Gasteiger partial charge in [0.05, 0.1) is 0 Å². The van der Waals surface area contributed by atoms with Crippen molar-refractivity contribution in [3.8, 4) is 0 Å². The third kappa shape index (κ3) is 1460. The molecule has 0 bridgehead atoms. The summed E-state index contributed by atoms with van der Waals surface area (Å²) in [7, 11) is 0. The van der Waals surface area contributed by atoms with Gasteiger partial charge in [-0.05, 0) is 0 Å². The Morgan fingerprint density at radius 2 is 1.67 bits per heavy atom. The van der Waals surface area contributed by atoms with E-state index in [2.05, 4.69) is 0 Å². The molecule has 0 aliphatic carbocycles. The largest absolute Gasteiger partial charge is 2.00 e. The van der Waals surface area contributed by atoms with Crippen LogP contribution in [0.25, 0.3) is 0 Å². The van der Waals surface area contributed by atoms with Gasteiger partial charge in [-0.1, -0.05) is 0 Å². The van der Waals surface area contributed by atoms with Crippen LogP contribution in [-0.2, 0) is 19.5 Å². The molecule has 4 nitrogen and oxygen atoms in total. The van der Waals surface area contributed by atoms with Gasteiger partial charge >= 0.3 is 19.5 Å². The van der Waals surface area contributed by atoms with Gasteiger partial charge in [-0.3, -0.25) is 0 Å². The molecule has 0 fully saturated rings. The van der Waals surface area contributed by atoms with E-state index in [4.69, 9.17) is 15.0 Å². The second-order valence-electron chi connectivity index (χ2n) is 0.266. The predicted molar refractivity (Wildman–Crippen MR) is 9.96 cm³/mol. The Labute approximate surface area is 46.9 Å². The van der Waals surface area contributed by atoms with Gasteiger partial charge in [-0.25, -0.2) is 0 Å². The average molecular weight is 143 g/mol. The molecular formula is CH2O4Zn. The van der Waals surface area contributed by atoms with Crippen LogP contribution in [-0.4, -0.2) is 16.7 Å². The van der Waals surface area contributed by atoms with E-state index in [0.717, 1.165) is 0 Å². The molecule has 0 amide bonds. The van der Waals surface area contributed by atoms with Gasteiger partial charge in [0.25, 0.3) is 0 Å². The molecule has 0 radical (unpaired) electrons. The first kappa shape index (κ1) is 16.9. The first-order valence-electron chi connectivity index (χ1n) is 0.632. The van der Waals surface area contributed by atoms with Crippen LogP contribution >= 0.6 is 0 Å². The zero-order chi connectivity index (χ0) is 3.58. The second kappa shape index (κ2) is 8.85. The number of hydrogen-bond donors (Lipinski definition) is 1. The summed E-state index contributed by atoms with van der Waals surface area (Å²) in [6.07, 6.45) is -2.08. The van der Waals surface area contributed by atoms with Crippen molar-refractivity contribution in [2.75, 3.05) is 0 Å². The third-order valence-electron chi connectivity index (χ3n) is 0. The smallest absolute Gasteiger partial charge is 0.870 e. The van der Waals surface area contributed by atoms with E-state index >= 15 is 0 Å². The first-order chi connectivity index (χ1) is 1.73. The molecule has 32 valence electrons. The molecular weight excluding hydrogens is 141 g/mol. The number of carboxylic acid groups (broad SMARTS) is 2. The molecule has 0 rings (SSSR count). The quantitative estimate of drug-likeness (QED) is 0.427. The Hall–Kier alpha value is -0.147. The normalized spacial score (nSPS) is 4.00. The van der Waals surface area contributed by atoms with Crippen LogP contribution < -0.4 is 5.11 Å². The minimum absolute atomic E-state index is 0. The molecule has 0 saturated heterocycles. The summed E-state index contributed by atoms with van der Waals surface area (Å²) in [5, 5.41) is 15.3. The van der Waals surface area contributed by atoms with Crippen molar-refractivity contribution < 1.29 is 40.0 Å². The van der Waals surface area contributed by atoms with Gasteiger partial charge in [-0.2, -0.15) is 0 Å². The number of carbonyl (C=O) groups is 1. The fourth-order valence-corrected chi connectivity index (χ4v) is 0. The van der Waals surface area contributed by atoms with Gasteiger partial charge in [0.1, 0.15) is 0 Å². The molecule has 0 saturated carbocycles.